The molecule has 0 radical (unpaired) electrons. The molecule has 1 aromatic rings. The highest BCUT2D eigenvalue weighted by Gasteiger charge is 2.30. The Kier molecular flexibility index (Phi) is 6.82. The van der Waals surface area contributed by atoms with E-state index in [1.807, 2.05) is 0 Å². The average Bonchev–Trinajstić information content (AvgIpc) is 3.36. The van der Waals surface area contributed by atoms with Crippen LogP contribution in [-0.4, -0.2) is 41.2 Å². The lowest BCUT2D eigenvalue weighted by atomic mass is 10.2. The molecule has 23 heavy (non-hydrogen) atoms. The molecule has 130 valence electrons. The molecule has 2 rings (SSSR count). The third-order valence-corrected chi connectivity index (χ3v) is 5.07. The van der Waals surface area contributed by atoms with Gasteiger partial charge in [-0.25, -0.2) is 17.9 Å². The highest BCUT2D eigenvalue weighted by Crippen LogP contribution is 2.31. The van der Waals surface area contributed by atoms with Gasteiger partial charge in [0.25, 0.3) is 0 Å². The number of halogens is 1. The van der Waals surface area contributed by atoms with Gasteiger partial charge in [-0.15, -0.1) is 12.4 Å². The fourth-order valence-corrected chi connectivity index (χ4v) is 3.33. The maximum atomic E-state index is 12.3. The monoisotopic (exact) mass is 364 g/mol. The van der Waals surface area contributed by atoms with E-state index in [4.69, 9.17) is 10.5 Å². The average molecular weight is 365 g/mol. The normalized spacial score (nSPS) is 15.4. The van der Waals surface area contributed by atoms with Gasteiger partial charge in [-0.05, 0) is 37.0 Å². The molecule has 0 bridgehead atoms. The van der Waals surface area contributed by atoms with Crippen LogP contribution in [0.1, 0.15) is 23.2 Å². The van der Waals surface area contributed by atoms with E-state index in [2.05, 4.69) is 9.46 Å². The maximum Gasteiger partial charge on any atom is 0.337 e. The van der Waals surface area contributed by atoms with Gasteiger partial charge < -0.3 is 15.2 Å². The zero-order chi connectivity index (χ0) is 16.3. The number of sulfonamides is 1. The van der Waals surface area contributed by atoms with Gasteiger partial charge >= 0.3 is 5.97 Å². The molecule has 0 heterocycles. The van der Waals surface area contributed by atoms with E-state index in [1.165, 1.54) is 32.4 Å². The third kappa shape index (κ3) is 4.81. The molecule has 1 aliphatic rings. The van der Waals surface area contributed by atoms with Crippen molar-refractivity contribution in [3.8, 4) is 5.75 Å². The molecule has 7 nitrogen and oxygen atoms in total. The summed E-state index contributed by atoms with van der Waals surface area (Å²) < 4.78 is 36.9. The molecule has 0 saturated heterocycles. The third-order valence-electron chi connectivity index (χ3n) is 3.61. The van der Waals surface area contributed by atoms with E-state index < -0.39 is 16.0 Å². The molecular formula is C14H21ClN2O5S. The molecule has 0 amide bonds. The van der Waals surface area contributed by atoms with E-state index in [9.17, 15) is 13.2 Å². The molecule has 1 unspecified atom stereocenters. The first-order valence-corrected chi connectivity index (χ1v) is 8.39. The molecule has 3 N–H and O–H groups in total. The molecule has 1 fully saturated rings. The van der Waals surface area contributed by atoms with Gasteiger partial charge in [0, 0.05) is 12.6 Å². The number of esters is 1. The van der Waals surface area contributed by atoms with Gasteiger partial charge in [-0.2, -0.15) is 0 Å². The van der Waals surface area contributed by atoms with Crippen molar-refractivity contribution in [1.29, 1.82) is 0 Å². The second-order valence-corrected chi connectivity index (χ2v) is 6.95. The number of ether oxygens (including phenoxy) is 2. The Bertz CT molecular complexity index is 661. The summed E-state index contributed by atoms with van der Waals surface area (Å²) in [6, 6.07) is 3.84. The molecule has 0 aliphatic heterocycles. The first-order chi connectivity index (χ1) is 10.4. The molecular weight excluding hydrogens is 344 g/mol. The SMILES string of the molecule is COC(=O)c1ccc(S(=O)(=O)NCC(N)C2CC2)c(OC)c1.Cl. The molecule has 1 aliphatic carbocycles. The molecule has 0 aromatic heterocycles. The number of hydrogen-bond donors (Lipinski definition) is 2. The van der Waals surface area contributed by atoms with Crippen molar-refractivity contribution in [1.82, 2.24) is 4.72 Å². The standard InChI is InChI=1S/C14H20N2O5S.ClH/c1-20-12-7-10(14(17)21-2)5-6-13(12)22(18,19)16-8-11(15)9-3-4-9;/h5-7,9,11,16H,3-4,8,15H2,1-2H3;1H. The van der Waals surface area contributed by atoms with Gasteiger partial charge in [-0.1, -0.05) is 0 Å². The van der Waals surface area contributed by atoms with Crippen LogP contribution in [0.2, 0.25) is 0 Å². The number of nitrogens with two attached hydrogens (primary N) is 1. The van der Waals surface area contributed by atoms with Crippen LogP contribution in [0.5, 0.6) is 5.75 Å². The van der Waals surface area contributed by atoms with Crippen molar-refractivity contribution in [2.75, 3.05) is 20.8 Å². The van der Waals surface area contributed by atoms with Crippen molar-refractivity contribution in [3.05, 3.63) is 23.8 Å². The zero-order valence-corrected chi connectivity index (χ0v) is 14.6. The molecule has 1 saturated carbocycles. The summed E-state index contributed by atoms with van der Waals surface area (Å²) in [5.41, 5.74) is 6.11. The molecule has 0 spiro atoms. The fourth-order valence-electron chi connectivity index (χ4n) is 2.11. The summed E-state index contributed by atoms with van der Waals surface area (Å²) in [5, 5.41) is 0. The van der Waals surface area contributed by atoms with Crippen molar-refractivity contribution in [2.45, 2.75) is 23.8 Å². The van der Waals surface area contributed by atoms with Crippen LogP contribution in [0.3, 0.4) is 0 Å². The lowest BCUT2D eigenvalue weighted by Gasteiger charge is -2.14. The van der Waals surface area contributed by atoms with Crippen LogP contribution in [-0.2, 0) is 14.8 Å². The Morgan fingerprint density at radius 3 is 2.57 bits per heavy atom. The Balaban J connectivity index is 0.00000264. The summed E-state index contributed by atoms with van der Waals surface area (Å²) in [7, 11) is -1.17. The van der Waals surface area contributed by atoms with Gasteiger partial charge in [-0.3, -0.25) is 0 Å². The lowest BCUT2D eigenvalue weighted by Crippen LogP contribution is -2.38. The minimum Gasteiger partial charge on any atom is -0.495 e. The van der Waals surface area contributed by atoms with E-state index in [1.54, 1.807) is 0 Å². The topological polar surface area (TPSA) is 108 Å². The van der Waals surface area contributed by atoms with E-state index in [0.29, 0.717) is 5.92 Å². The number of benzene rings is 1. The van der Waals surface area contributed by atoms with Crippen molar-refractivity contribution < 1.29 is 22.7 Å². The van der Waals surface area contributed by atoms with Crippen LogP contribution < -0.4 is 15.2 Å². The fraction of sp³-hybridized carbons (Fsp3) is 0.500. The number of nitrogens with one attached hydrogen (secondary N) is 1. The summed E-state index contributed by atoms with van der Waals surface area (Å²) in [6.07, 6.45) is 2.08. The van der Waals surface area contributed by atoms with Gasteiger partial charge in [0.2, 0.25) is 10.0 Å². The van der Waals surface area contributed by atoms with E-state index >= 15 is 0 Å². The number of carbonyl (C=O) groups excluding carboxylic acids is 1. The largest absolute Gasteiger partial charge is 0.495 e. The summed E-state index contributed by atoms with van der Waals surface area (Å²) >= 11 is 0. The Morgan fingerprint density at radius 2 is 2.04 bits per heavy atom. The van der Waals surface area contributed by atoms with Gasteiger partial charge in [0.05, 0.1) is 19.8 Å². The predicted octanol–water partition coefficient (Wildman–Crippen LogP) is 0.919. The smallest absolute Gasteiger partial charge is 0.337 e. The van der Waals surface area contributed by atoms with Crippen molar-refractivity contribution in [3.63, 3.8) is 0 Å². The van der Waals surface area contributed by atoms with Crippen LogP contribution >= 0.6 is 12.4 Å². The number of methoxy groups -OCH3 is 2. The lowest BCUT2D eigenvalue weighted by molar-refractivity contribution is 0.0600. The quantitative estimate of drug-likeness (QED) is 0.696. The van der Waals surface area contributed by atoms with Gasteiger partial charge in [0.15, 0.2) is 0 Å². The first kappa shape index (κ1) is 19.7. The first-order valence-electron chi connectivity index (χ1n) is 6.90. The van der Waals surface area contributed by atoms with Crippen LogP contribution in [0.15, 0.2) is 23.1 Å². The Morgan fingerprint density at radius 1 is 1.39 bits per heavy atom. The summed E-state index contributed by atoms with van der Waals surface area (Å²) in [6.45, 7) is 0.176. The molecule has 1 atom stereocenters. The van der Waals surface area contributed by atoms with E-state index in [0.717, 1.165) is 12.8 Å². The molecule has 1 aromatic carbocycles. The maximum absolute atomic E-state index is 12.3. The Labute approximate surface area is 142 Å². The summed E-state index contributed by atoms with van der Waals surface area (Å²) in [4.78, 5) is 11.4. The van der Waals surface area contributed by atoms with E-state index in [-0.39, 0.29) is 41.2 Å². The second-order valence-electron chi connectivity index (χ2n) is 5.21. The molecule has 9 heteroatoms. The number of hydrogen-bond acceptors (Lipinski definition) is 6. The van der Waals surface area contributed by atoms with Crippen molar-refractivity contribution >= 4 is 28.4 Å². The number of rotatable bonds is 7. The van der Waals surface area contributed by atoms with Crippen LogP contribution in [0.4, 0.5) is 0 Å². The van der Waals surface area contributed by atoms with Crippen molar-refractivity contribution in [2.24, 2.45) is 11.7 Å². The minimum absolute atomic E-state index is 0. The minimum atomic E-state index is -3.76. The highest BCUT2D eigenvalue weighted by atomic mass is 35.5. The predicted molar refractivity (Wildman–Crippen MR) is 87.5 cm³/mol. The zero-order valence-electron chi connectivity index (χ0n) is 12.9. The second kappa shape index (κ2) is 7.96. The highest BCUT2D eigenvalue weighted by molar-refractivity contribution is 7.89. The number of carbonyl (C=O) groups is 1. The van der Waals surface area contributed by atoms with Crippen LogP contribution in [0, 0.1) is 5.92 Å². The Hall–Kier alpha value is -1.35. The van der Waals surface area contributed by atoms with Crippen LogP contribution in [0.25, 0.3) is 0 Å². The summed E-state index contributed by atoms with van der Waals surface area (Å²) in [5.74, 6) is -0.0901. The van der Waals surface area contributed by atoms with Gasteiger partial charge in [0.1, 0.15) is 10.6 Å².